The van der Waals surface area contributed by atoms with Crippen molar-refractivity contribution in [2.75, 3.05) is 13.1 Å². The van der Waals surface area contributed by atoms with Crippen molar-refractivity contribution < 1.29 is 33.4 Å². The second-order valence-corrected chi connectivity index (χ2v) is 13.5. The average molecular weight is 651 g/mol. The number of hydrogen-bond donors (Lipinski definition) is 3. The van der Waals surface area contributed by atoms with Gasteiger partial charge in [-0.05, 0) is 57.6 Å². The fourth-order valence-corrected chi connectivity index (χ4v) is 5.92. The molecule has 2 aromatic rings. The van der Waals surface area contributed by atoms with Gasteiger partial charge in [-0.1, -0.05) is 51.3 Å². The van der Waals surface area contributed by atoms with Crippen LogP contribution in [0.1, 0.15) is 77.2 Å². The zero-order chi connectivity index (χ0) is 34.1. The second kappa shape index (κ2) is 15.8. The van der Waals surface area contributed by atoms with Crippen LogP contribution in [0.15, 0.2) is 48.9 Å². The largest absolute Gasteiger partial charge is 0.460 e. The Morgan fingerprint density at radius 1 is 0.915 bits per heavy atom. The van der Waals surface area contributed by atoms with Gasteiger partial charge in [-0.15, -0.1) is 0 Å². The molecule has 1 aliphatic heterocycles. The highest BCUT2D eigenvalue weighted by molar-refractivity contribution is 5.97. The summed E-state index contributed by atoms with van der Waals surface area (Å²) in [6.45, 7) is 8.78. The topological polar surface area (TPSA) is 169 Å². The van der Waals surface area contributed by atoms with E-state index >= 15 is 0 Å². The summed E-state index contributed by atoms with van der Waals surface area (Å²) in [7, 11) is 0. The van der Waals surface area contributed by atoms with Gasteiger partial charge < -0.3 is 30.3 Å². The number of benzene rings is 1. The van der Waals surface area contributed by atoms with E-state index in [9.17, 15) is 24.0 Å². The molecule has 1 aromatic heterocycles. The molecule has 1 saturated carbocycles. The molecule has 1 saturated heterocycles. The quantitative estimate of drug-likeness (QED) is 0.327. The number of amides is 4. The molecule has 0 bridgehead atoms. The van der Waals surface area contributed by atoms with E-state index in [1.807, 2.05) is 0 Å². The van der Waals surface area contributed by atoms with E-state index < -0.39 is 59.4 Å². The molecule has 4 amide bonds. The van der Waals surface area contributed by atoms with Crippen LogP contribution in [0.2, 0.25) is 0 Å². The minimum Gasteiger partial charge on any atom is -0.460 e. The lowest BCUT2D eigenvalue weighted by molar-refractivity contribution is -0.160. The molecule has 13 heteroatoms. The van der Waals surface area contributed by atoms with Crippen LogP contribution in [0.5, 0.6) is 5.75 Å². The van der Waals surface area contributed by atoms with Gasteiger partial charge in [-0.2, -0.15) is 0 Å². The normalized spacial score (nSPS) is 19.7. The standard InChI is InChI=1S/C34H46N6O7/c1-21(2)27(38-31(43)28(22-12-8-6-9-13-22)39-29(41)25-18-35-16-17-36-25)30(42)37-26-20-40(19-24(26)32(44)47-34(3,4)5)33(45)46-23-14-10-7-11-15-23/h7,10-11,14-18,21-22,24,26-28H,6,8-9,12-13,19-20H2,1-5H3,(H,37,42)(H,38,43)(H,39,41)/t24-,26+,27+,28+/m1/s1. The van der Waals surface area contributed by atoms with Crippen molar-refractivity contribution in [1.29, 1.82) is 0 Å². The fraction of sp³-hybridized carbons (Fsp3) is 0.559. The monoisotopic (exact) mass is 650 g/mol. The van der Waals surface area contributed by atoms with Gasteiger partial charge in [0.2, 0.25) is 11.8 Å². The van der Waals surface area contributed by atoms with Crippen LogP contribution in [0, 0.1) is 17.8 Å². The maximum atomic E-state index is 13.8. The van der Waals surface area contributed by atoms with Crippen LogP contribution in [0.4, 0.5) is 4.79 Å². The molecule has 0 spiro atoms. The predicted molar refractivity (Wildman–Crippen MR) is 172 cm³/mol. The van der Waals surface area contributed by atoms with Gasteiger partial charge in [-0.3, -0.25) is 24.2 Å². The summed E-state index contributed by atoms with van der Waals surface area (Å²) in [6.07, 6.45) is 7.95. The number of nitrogens with zero attached hydrogens (tertiary/aromatic N) is 3. The Balaban J connectivity index is 1.49. The number of ether oxygens (including phenoxy) is 2. The van der Waals surface area contributed by atoms with E-state index in [-0.39, 0.29) is 30.6 Å². The maximum Gasteiger partial charge on any atom is 0.415 e. The lowest BCUT2D eigenvalue weighted by Crippen LogP contribution is -2.59. The molecule has 2 heterocycles. The first-order valence-corrected chi connectivity index (χ1v) is 16.2. The first kappa shape index (κ1) is 35.3. The molecule has 1 aliphatic carbocycles. The Morgan fingerprint density at radius 2 is 1.62 bits per heavy atom. The van der Waals surface area contributed by atoms with E-state index in [2.05, 4.69) is 25.9 Å². The number of carbonyl (C=O) groups excluding carboxylic acids is 5. The highest BCUT2D eigenvalue weighted by Gasteiger charge is 2.44. The fourth-order valence-electron chi connectivity index (χ4n) is 5.92. The summed E-state index contributed by atoms with van der Waals surface area (Å²) in [4.78, 5) is 76.3. The average Bonchev–Trinajstić information content (AvgIpc) is 3.46. The number of likely N-dealkylation sites (tertiary alicyclic amines) is 1. The predicted octanol–water partition coefficient (Wildman–Crippen LogP) is 3.25. The third kappa shape index (κ3) is 9.97. The minimum absolute atomic E-state index is 0.00105. The Labute approximate surface area is 275 Å². The number of hydrogen-bond acceptors (Lipinski definition) is 9. The van der Waals surface area contributed by atoms with Gasteiger partial charge >= 0.3 is 12.1 Å². The zero-order valence-corrected chi connectivity index (χ0v) is 27.7. The molecule has 4 atom stereocenters. The van der Waals surface area contributed by atoms with Gasteiger partial charge in [0, 0.05) is 25.5 Å². The lowest BCUT2D eigenvalue weighted by Gasteiger charge is -2.32. The van der Waals surface area contributed by atoms with Crippen molar-refractivity contribution in [3.05, 3.63) is 54.6 Å². The Bertz CT molecular complexity index is 1390. The van der Waals surface area contributed by atoms with Crippen molar-refractivity contribution in [3.8, 4) is 5.75 Å². The SMILES string of the molecule is CC(C)[C@H](NC(=O)[C@@H](NC(=O)c1cnccn1)C1CCCCC1)C(=O)N[C@H]1CN(C(=O)Oc2ccccc2)C[C@H]1C(=O)OC(C)(C)C. The molecule has 254 valence electrons. The van der Waals surface area contributed by atoms with Crippen LogP contribution in [-0.4, -0.2) is 81.5 Å². The van der Waals surface area contributed by atoms with Gasteiger partial charge in [0.1, 0.15) is 29.1 Å². The van der Waals surface area contributed by atoms with Crippen molar-refractivity contribution in [2.24, 2.45) is 17.8 Å². The summed E-state index contributed by atoms with van der Waals surface area (Å²) in [5, 5.41) is 8.61. The van der Waals surface area contributed by atoms with Crippen molar-refractivity contribution in [2.45, 2.75) is 90.4 Å². The molecule has 3 N–H and O–H groups in total. The van der Waals surface area contributed by atoms with Crippen LogP contribution >= 0.6 is 0 Å². The van der Waals surface area contributed by atoms with Gasteiger partial charge in [-0.25, -0.2) is 9.78 Å². The Kier molecular flexibility index (Phi) is 11.9. The van der Waals surface area contributed by atoms with Crippen LogP contribution in [0.25, 0.3) is 0 Å². The van der Waals surface area contributed by atoms with Crippen molar-refractivity contribution >= 4 is 29.8 Å². The van der Waals surface area contributed by atoms with E-state index in [1.54, 1.807) is 65.0 Å². The lowest BCUT2D eigenvalue weighted by atomic mass is 9.83. The number of aromatic nitrogens is 2. The van der Waals surface area contributed by atoms with E-state index in [4.69, 9.17) is 9.47 Å². The number of carbonyl (C=O) groups is 5. The molecule has 2 aliphatic rings. The first-order valence-electron chi connectivity index (χ1n) is 16.2. The van der Waals surface area contributed by atoms with Crippen LogP contribution in [0.3, 0.4) is 0 Å². The van der Waals surface area contributed by atoms with Crippen LogP contribution in [-0.2, 0) is 19.1 Å². The number of rotatable bonds is 10. The molecule has 0 radical (unpaired) electrons. The summed E-state index contributed by atoms with van der Waals surface area (Å²) in [5.74, 6) is -3.07. The summed E-state index contributed by atoms with van der Waals surface area (Å²) < 4.78 is 11.1. The van der Waals surface area contributed by atoms with E-state index in [1.165, 1.54) is 23.5 Å². The van der Waals surface area contributed by atoms with Crippen molar-refractivity contribution in [3.63, 3.8) is 0 Å². The number of esters is 1. The van der Waals surface area contributed by atoms with E-state index in [0.29, 0.717) is 5.75 Å². The number of para-hydroxylation sites is 1. The first-order chi connectivity index (χ1) is 22.3. The molecule has 1 aromatic carbocycles. The third-order valence-electron chi connectivity index (χ3n) is 8.30. The summed E-state index contributed by atoms with van der Waals surface area (Å²) in [6, 6.07) is 5.87. The highest BCUT2D eigenvalue weighted by atomic mass is 16.6. The molecule has 2 fully saturated rings. The van der Waals surface area contributed by atoms with Gasteiger partial charge in [0.05, 0.1) is 18.2 Å². The highest BCUT2D eigenvalue weighted by Crippen LogP contribution is 2.28. The van der Waals surface area contributed by atoms with Crippen molar-refractivity contribution in [1.82, 2.24) is 30.8 Å². The minimum atomic E-state index is -0.994. The summed E-state index contributed by atoms with van der Waals surface area (Å²) in [5.41, 5.74) is -0.703. The number of nitrogens with one attached hydrogen (secondary N) is 3. The molecule has 0 unspecified atom stereocenters. The molecular formula is C34H46N6O7. The van der Waals surface area contributed by atoms with E-state index in [0.717, 1.165) is 32.1 Å². The van der Waals surface area contributed by atoms with Gasteiger partial charge in [0.15, 0.2) is 0 Å². The molecule has 13 nitrogen and oxygen atoms in total. The summed E-state index contributed by atoms with van der Waals surface area (Å²) >= 11 is 0. The Hall–Kier alpha value is -4.55. The smallest absolute Gasteiger partial charge is 0.415 e. The molecule has 4 rings (SSSR count). The maximum absolute atomic E-state index is 13.8. The second-order valence-electron chi connectivity index (χ2n) is 13.5. The van der Waals surface area contributed by atoms with Gasteiger partial charge in [0.25, 0.3) is 5.91 Å². The zero-order valence-electron chi connectivity index (χ0n) is 27.7. The van der Waals surface area contributed by atoms with Crippen LogP contribution < -0.4 is 20.7 Å². The molecular weight excluding hydrogens is 604 g/mol. The molecule has 47 heavy (non-hydrogen) atoms. The Morgan fingerprint density at radius 3 is 2.23 bits per heavy atom. The third-order valence-corrected chi connectivity index (χ3v) is 8.30.